The summed E-state index contributed by atoms with van der Waals surface area (Å²) in [5.41, 5.74) is 0. The van der Waals surface area contributed by atoms with Crippen LogP contribution in [-0.4, -0.2) is 54.6 Å². The number of morpholine rings is 1. The highest BCUT2D eigenvalue weighted by molar-refractivity contribution is 5.67. The number of carboxylic acids is 1. The van der Waals surface area contributed by atoms with Crippen molar-refractivity contribution in [2.45, 2.75) is 12.2 Å². The van der Waals surface area contributed by atoms with E-state index in [-0.39, 0.29) is 13.2 Å². The van der Waals surface area contributed by atoms with Gasteiger partial charge >= 0.3 is 12.1 Å². The first-order chi connectivity index (χ1) is 6.91. The van der Waals surface area contributed by atoms with Crippen molar-refractivity contribution in [3.8, 4) is 0 Å². The minimum atomic E-state index is -3.25. The van der Waals surface area contributed by atoms with Gasteiger partial charge in [0.05, 0.1) is 19.3 Å². The average Bonchev–Trinajstić information content (AvgIpc) is 2.07. The molecule has 1 atom stereocenters. The lowest BCUT2D eigenvalue weighted by molar-refractivity contribution is -0.285. The van der Waals surface area contributed by atoms with Crippen molar-refractivity contribution in [1.29, 1.82) is 0 Å². The molecule has 1 heterocycles. The number of hydrogen-bond acceptors (Lipinski definition) is 5. The number of hydrogen-bond donors (Lipinski definition) is 2. The summed E-state index contributed by atoms with van der Waals surface area (Å²) in [5, 5.41) is 9.17. The van der Waals surface area contributed by atoms with Crippen molar-refractivity contribution in [2.24, 2.45) is 5.84 Å². The molecular weight excluding hydrogens is 214 g/mol. The van der Waals surface area contributed by atoms with E-state index in [9.17, 15) is 13.6 Å². The van der Waals surface area contributed by atoms with E-state index in [1.807, 2.05) is 0 Å². The Balaban J connectivity index is 2.29. The minimum Gasteiger partial charge on any atom is -0.480 e. The molecule has 0 saturated carbocycles. The lowest BCUT2D eigenvalue weighted by Gasteiger charge is -2.35. The summed E-state index contributed by atoms with van der Waals surface area (Å²) in [6, 6.07) is -0.552. The number of nitrogens with zero attached hydrogens (tertiary/aromatic N) is 1. The van der Waals surface area contributed by atoms with Gasteiger partial charge in [-0.15, -0.1) is 0 Å². The van der Waals surface area contributed by atoms with E-state index >= 15 is 0 Å². The molecular formula is C7H12F2N2O4. The van der Waals surface area contributed by atoms with Gasteiger partial charge in [0, 0.05) is 0 Å². The summed E-state index contributed by atoms with van der Waals surface area (Å²) in [5.74, 6) is 4.19. The van der Waals surface area contributed by atoms with Crippen molar-refractivity contribution in [2.75, 3.05) is 26.4 Å². The number of alkyl halides is 2. The molecule has 0 amide bonds. The quantitative estimate of drug-likeness (QED) is 0.614. The lowest BCUT2D eigenvalue weighted by atomic mass is 10.3. The van der Waals surface area contributed by atoms with Gasteiger partial charge in [-0.1, -0.05) is 0 Å². The summed E-state index contributed by atoms with van der Waals surface area (Å²) < 4.78 is 34.2. The molecule has 1 saturated heterocycles. The van der Waals surface area contributed by atoms with E-state index in [4.69, 9.17) is 15.7 Å². The smallest absolute Gasteiger partial charge is 0.369 e. The van der Waals surface area contributed by atoms with Gasteiger partial charge < -0.3 is 14.6 Å². The first-order valence-corrected chi connectivity index (χ1v) is 4.23. The van der Waals surface area contributed by atoms with Crippen LogP contribution in [0.2, 0.25) is 0 Å². The molecule has 0 radical (unpaired) electrons. The van der Waals surface area contributed by atoms with Crippen molar-refractivity contribution in [1.82, 2.24) is 5.01 Å². The second-order valence-corrected chi connectivity index (χ2v) is 3.18. The Labute approximate surface area is 84.5 Å². The Morgan fingerprint density at radius 1 is 1.73 bits per heavy atom. The fraction of sp³-hybridized carbons (Fsp3) is 0.857. The minimum absolute atomic E-state index is 0.0567. The first-order valence-electron chi connectivity index (χ1n) is 4.23. The Bertz CT molecular complexity index is 239. The first kappa shape index (κ1) is 12.2. The van der Waals surface area contributed by atoms with Gasteiger partial charge in [0.25, 0.3) is 0 Å². The Morgan fingerprint density at radius 2 is 2.40 bits per heavy atom. The fourth-order valence-corrected chi connectivity index (χ4v) is 1.13. The van der Waals surface area contributed by atoms with Crippen LogP contribution in [0.5, 0.6) is 0 Å². The zero-order chi connectivity index (χ0) is 11.5. The number of aliphatic carboxylic acids is 1. The third kappa shape index (κ3) is 4.04. The summed E-state index contributed by atoms with van der Waals surface area (Å²) in [4.78, 5) is 10.1. The van der Waals surface area contributed by atoms with Crippen molar-refractivity contribution < 1.29 is 28.2 Å². The fourth-order valence-electron chi connectivity index (χ4n) is 1.13. The average molecular weight is 226 g/mol. The number of ether oxygens (including phenoxy) is 2. The molecule has 0 bridgehead atoms. The van der Waals surface area contributed by atoms with Crippen molar-refractivity contribution >= 4 is 5.97 Å². The second-order valence-electron chi connectivity index (χ2n) is 3.18. The maximum absolute atomic E-state index is 12.6. The molecule has 1 aliphatic rings. The summed E-state index contributed by atoms with van der Waals surface area (Å²) in [6.45, 7) is -1.56. The Morgan fingerprint density at radius 3 is 2.93 bits per heavy atom. The molecule has 1 fully saturated rings. The Hall–Kier alpha value is -0.830. The van der Waals surface area contributed by atoms with Crippen LogP contribution < -0.4 is 5.84 Å². The van der Waals surface area contributed by atoms with Gasteiger partial charge in [-0.05, 0) is 0 Å². The van der Waals surface area contributed by atoms with Crippen LogP contribution in [0, 0.1) is 0 Å². The molecule has 0 aliphatic carbocycles. The predicted molar refractivity (Wildman–Crippen MR) is 44.0 cm³/mol. The molecule has 3 N–H and O–H groups in total. The third-order valence-electron chi connectivity index (χ3n) is 1.86. The van der Waals surface area contributed by atoms with Gasteiger partial charge in [-0.3, -0.25) is 5.84 Å². The molecule has 1 rings (SSSR count). The number of hydrazine groups is 1. The van der Waals surface area contributed by atoms with Crippen LogP contribution in [0.4, 0.5) is 8.78 Å². The van der Waals surface area contributed by atoms with Crippen LogP contribution in [0.25, 0.3) is 0 Å². The molecule has 0 aromatic rings. The maximum atomic E-state index is 12.6. The summed E-state index contributed by atoms with van der Waals surface area (Å²) >= 11 is 0. The molecule has 1 unspecified atom stereocenters. The lowest BCUT2D eigenvalue weighted by Crippen LogP contribution is -2.57. The van der Waals surface area contributed by atoms with E-state index in [1.165, 1.54) is 0 Å². The number of carboxylic acid groups (broad SMARTS) is 1. The third-order valence-corrected chi connectivity index (χ3v) is 1.86. The van der Waals surface area contributed by atoms with Gasteiger partial charge in [0.2, 0.25) is 0 Å². The Kier molecular flexibility index (Phi) is 3.91. The number of nitrogens with two attached hydrogens (primary N) is 1. The molecule has 0 aromatic heterocycles. The normalized spacial score (nSPS) is 26.5. The van der Waals surface area contributed by atoms with E-state index in [0.717, 1.165) is 5.01 Å². The number of rotatable bonds is 4. The molecule has 15 heavy (non-hydrogen) atoms. The number of carbonyl (C=O) groups is 1. The van der Waals surface area contributed by atoms with Crippen LogP contribution in [0.15, 0.2) is 0 Å². The van der Waals surface area contributed by atoms with Gasteiger partial charge in [-0.25, -0.2) is 9.80 Å². The monoisotopic (exact) mass is 226 g/mol. The molecule has 1 aliphatic heterocycles. The van der Waals surface area contributed by atoms with Crippen molar-refractivity contribution in [3.05, 3.63) is 0 Å². The van der Waals surface area contributed by atoms with Gasteiger partial charge in [0.1, 0.15) is 13.2 Å². The van der Waals surface area contributed by atoms with Crippen LogP contribution in [0.1, 0.15) is 0 Å². The molecule has 0 spiro atoms. The zero-order valence-corrected chi connectivity index (χ0v) is 7.86. The van der Waals surface area contributed by atoms with E-state index < -0.39 is 31.3 Å². The molecule has 6 nitrogen and oxygen atoms in total. The van der Waals surface area contributed by atoms with Gasteiger partial charge in [0.15, 0.2) is 0 Å². The van der Waals surface area contributed by atoms with Crippen LogP contribution >= 0.6 is 0 Å². The van der Waals surface area contributed by atoms with E-state index in [0.29, 0.717) is 0 Å². The SMILES string of the molecule is NN1CC(F)(F)OCC1COCC(=O)O. The topological polar surface area (TPSA) is 85.0 Å². The molecule has 88 valence electrons. The maximum Gasteiger partial charge on any atom is 0.369 e. The highest BCUT2D eigenvalue weighted by Gasteiger charge is 2.40. The van der Waals surface area contributed by atoms with Crippen LogP contribution in [0.3, 0.4) is 0 Å². The number of halogens is 2. The standard InChI is InChI=1S/C7H12F2N2O4/c8-7(9)4-11(10)5(2-15-7)1-14-3-6(12)13/h5H,1-4,10H2,(H,12,13). The van der Waals surface area contributed by atoms with E-state index in [2.05, 4.69) is 4.74 Å². The molecule has 8 heteroatoms. The predicted octanol–water partition coefficient (Wildman–Crippen LogP) is -0.745. The van der Waals surface area contributed by atoms with Crippen molar-refractivity contribution in [3.63, 3.8) is 0 Å². The van der Waals surface area contributed by atoms with Gasteiger partial charge in [-0.2, -0.15) is 8.78 Å². The summed E-state index contributed by atoms with van der Waals surface area (Å²) in [7, 11) is 0. The second kappa shape index (κ2) is 4.79. The van der Waals surface area contributed by atoms with Crippen LogP contribution in [-0.2, 0) is 14.3 Å². The summed E-state index contributed by atoms with van der Waals surface area (Å²) in [6.07, 6.45) is -3.25. The van der Waals surface area contributed by atoms with E-state index in [1.54, 1.807) is 0 Å². The highest BCUT2D eigenvalue weighted by atomic mass is 19.3. The highest BCUT2D eigenvalue weighted by Crippen LogP contribution is 2.22. The largest absolute Gasteiger partial charge is 0.480 e. The zero-order valence-electron chi connectivity index (χ0n) is 7.86. The molecule has 0 aromatic carbocycles.